The number of rotatable bonds is 7. The number of aromatic nitrogens is 2. The molecule has 2 heterocycles. The van der Waals surface area contributed by atoms with E-state index in [2.05, 4.69) is 21.4 Å². The van der Waals surface area contributed by atoms with Gasteiger partial charge in [-0.05, 0) is 54.7 Å². The molecule has 5 N–H and O–H groups in total. The first-order valence-electron chi connectivity index (χ1n) is 11.0. The van der Waals surface area contributed by atoms with Crippen LogP contribution in [0.5, 0.6) is 5.75 Å². The molecule has 31 heavy (non-hydrogen) atoms. The van der Waals surface area contributed by atoms with Gasteiger partial charge in [-0.25, -0.2) is 4.98 Å². The van der Waals surface area contributed by atoms with Gasteiger partial charge in [-0.3, -0.25) is 10.7 Å². The largest absolute Gasteiger partial charge is 0.490 e. The van der Waals surface area contributed by atoms with Crippen LogP contribution in [0.15, 0.2) is 42.7 Å². The Morgan fingerprint density at radius 2 is 1.84 bits per heavy atom. The van der Waals surface area contributed by atoms with E-state index in [-0.39, 0.29) is 0 Å². The van der Waals surface area contributed by atoms with Crippen LogP contribution in [0.25, 0.3) is 10.8 Å². The Labute approximate surface area is 181 Å². The highest BCUT2D eigenvalue weighted by Gasteiger charge is 2.24. The van der Waals surface area contributed by atoms with E-state index in [1.54, 1.807) is 0 Å². The molecule has 2 aromatic carbocycles. The van der Waals surface area contributed by atoms with E-state index in [1.807, 2.05) is 30.3 Å². The topological polar surface area (TPSA) is 111 Å². The van der Waals surface area contributed by atoms with Crippen molar-refractivity contribution in [2.24, 2.45) is 5.92 Å². The number of hydrogen-bond donors (Lipinski definition) is 3. The number of nitrogens with two attached hydrogens (primary N) is 2. The van der Waals surface area contributed by atoms with Gasteiger partial charge < -0.3 is 15.2 Å². The average Bonchev–Trinajstić information content (AvgIpc) is 3.61. The minimum absolute atomic E-state index is 0.339. The molecule has 0 unspecified atom stereocenters. The molecule has 7 heteroatoms. The van der Waals surface area contributed by atoms with Crippen LogP contribution >= 0.6 is 0 Å². The Balaban J connectivity index is 1.38. The van der Waals surface area contributed by atoms with E-state index in [4.69, 9.17) is 20.6 Å². The standard InChI is InChI=1S/C24H27N5O2/c25-22(18-2-1-17-12-20(31-19-5-6-19)4-3-16(17)11-18)21-23(26)28-14-29-24(21)27-13-15-7-9-30-10-8-15/h1-4,11-12,14-15,19,25H,5-10,13H2,(H3,26,27,28,29)/p+1. The quantitative estimate of drug-likeness (QED) is 0.511. The van der Waals surface area contributed by atoms with Crippen LogP contribution in [-0.2, 0) is 4.74 Å². The molecule has 160 valence electrons. The van der Waals surface area contributed by atoms with Gasteiger partial charge in [-0.1, -0.05) is 18.2 Å². The zero-order chi connectivity index (χ0) is 21.2. The summed E-state index contributed by atoms with van der Waals surface area (Å²) in [5.74, 6) is 2.56. The molecule has 1 aliphatic heterocycles. The van der Waals surface area contributed by atoms with Crippen LogP contribution in [-0.4, -0.2) is 41.5 Å². The van der Waals surface area contributed by atoms with Crippen molar-refractivity contribution in [1.29, 1.82) is 5.41 Å². The smallest absolute Gasteiger partial charge is 0.239 e. The maximum atomic E-state index is 8.87. The lowest BCUT2D eigenvalue weighted by atomic mass is 9.98. The maximum Gasteiger partial charge on any atom is 0.239 e. The second-order valence-corrected chi connectivity index (χ2v) is 8.43. The molecular formula is C24H28N5O2+. The highest BCUT2D eigenvalue weighted by molar-refractivity contribution is 6.16. The number of quaternary nitrogens is 1. The summed E-state index contributed by atoms with van der Waals surface area (Å²) in [6.07, 6.45) is 6.25. The molecule has 0 bridgehead atoms. The third-order valence-corrected chi connectivity index (χ3v) is 6.07. The number of hydrogen-bond acceptors (Lipinski definition) is 6. The summed E-state index contributed by atoms with van der Waals surface area (Å²) >= 11 is 0. The highest BCUT2D eigenvalue weighted by Crippen LogP contribution is 2.30. The fourth-order valence-electron chi connectivity index (χ4n) is 4.06. The molecule has 0 amide bonds. The van der Waals surface area contributed by atoms with Gasteiger partial charge in [0.1, 0.15) is 23.5 Å². The van der Waals surface area contributed by atoms with Gasteiger partial charge in [0.25, 0.3) is 0 Å². The maximum absolute atomic E-state index is 8.87. The van der Waals surface area contributed by atoms with E-state index >= 15 is 0 Å². The molecule has 2 fully saturated rings. The number of ether oxygens (including phenoxy) is 2. The van der Waals surface area contributed by atoms with Gasteiger partial charge in [-0.15, -0.1) is 0 Å². The minimum atomic E-state index is 0.339. The number of nitrogens with zero attached hydrogens (tertiary/aromatic N) is 2. The van der Waals surface area contributed by atoms with E-state index in [0.717, 1.165) is 73.3 Å². The summed E-state index contributed by atoms with van der Waals surface area (Å²) < 4.78 is 11.4. The highest BCUT2D eigenvalue weighted by atomic mass is 16.5. The first kappa shape index (κ1) is 19.9. The van der Waals surface area contributed by atoms with Crippen LogP contribution in [0.4, 0.5) is 11.6 Å². The van der Waals surface area contributed by atoms with Gasteiger partial charge >= 0.3 is 0 Å². The van der Waals surface area contributed by atoms with Gasteiger partial charge in [0.05, 0.1) is 18.4 Å². The lowest BCUT2D eigenvalue weighted by Gasteiger charge is -2.20. The minimum Gasteiger partial charge on any atom is -0.490 e. The predicted molar refractivity (Wildman–Crippen MR) is 120 cm³/mol. The second kappa shape index (κ2) is 8.61. The van der Waals surface area contributed by atoms with Crippen LogP contribution in [0.3, 0.4) is 0 Å². The third-order valence-electron chi connectivity index (χ3n) is 6.07. The number of benzene rings is 2. The first-order chi connectivity index (χ1) is 15.2. The summed E-state index contributed by atoms with van der Waals surface area (Å²) in [7, 11) is 0. The monoisotopic (exact) mass is 418 g/mol. The number of nitrogens with one attached hydrogen (secondary N) is 1. The van der Waals surface area contributed by atoms with Gasteiger partial charge in [-0.2, -0.15) is 4.98 Å². The number of fused-ring (bicyclic) bond motifs is 1. The first-order valence-corrected chi connectivity index (χ1v) is 11.0. The SMILES string of the molecule is N=C(c1ccc2cc(OC3CC3)ccc2c1)c1c(N)ncnc1[NH2+]CC1CCOCC1. The summed E-state index contributed by atoms with van der Waals surface area (Å²) in [6, 6.07) is 12.1. The van der Waals surface area contributed by atoms with Crippen molar-refractivity contribution in [3.63, 3.8) is 0 Å². The van der Waals surface area contributed by atoms with E-state index < -0.39 is 0 Å². The van der Waals surface area contributed by atoms with Crippen LogP contribution < -0.4 is 15.8 Å². The van der Waals surface area contributed by atoms with Crippen molar-refractivity contribution in [2.45, 2.75) is 31.8 Å². The van der Waals surface area contributed by atoms with Crippen LogP contribution in [0.1, 0.15) is 36.8 Å². The zero-order valence-corrected chi connectivity index (χ0v) is 17.5. The van der Waals surface area contributed by atoms with Crippen molar-refractivity contribution < 1.29 is 14.8 Å². The molecule has 0 atom stereocenters. The Kier molecular flexibility index (Phi) is 5.53. The lowest BCUT2D eigenvalue weighted by Crippen LogP contribution is -2.80. The average molecular weight is 419 g/mol. The predicted octanol–water partition coefficient (Wildman–Crippen LogP) is 2.79. The van der Waals surface area contributed by atoms with E-state index in [1.165, 1.54) is 6.33 Å². The molecule has 1 aliphatic carbocycles. The molecule has 2 aliphatic rings. The Bertz CT molecular complexity index is 1110. The van der Waals surface area contributed by atoms with Crippen molar-refractivity contribution in [2.75, 3.05) is 25.5 Å². The molecule has 3 aromatic rings. The second-order valence-electron chi connectivity index (χ2n) is 8.43. The fourth-order valence-corrected chi connectivity index (χ4v) is 4.06. The van der Waals surface area contributed by atoms with Crippen molar-refractivity contribution in [1.82, 2.24) is 9.97 Å². The van der Waals surface area contributed by atoms with Crippen molar-refractivity contribution >= 4 is 28.1 Å². The molecule has 0 spiro atoms. The van der Waals surface area contributed by atoms with Gasteiger partial charge in [0.2, 0.25) is 5.82 Å². The van der Waals surface area contributed by atoms with Gasteiger partial charge in [0.15, 0.2) is 0 Å². The third kappa shape index (κ3) is 4.52. The summed E-state index contributed by atoms with van der Waals surface area (Å²) in [5, 5.41) is 13.1. The Hall–Kier alpha value is -3.03. The van der Waals surface area contributed by atoms with E-state index in [0.29, 0.717) is 29.1 Å². The molecule has 7 nitrogen and oxygen atoms in total. The molecule has 1 aromatic heterocycles. The van der Waals surface area contributed by atoms with Crippen molar-refractivity contribution in [3.05, 3.63) is 53.9 Å². The molecule has 5 rings (SSSR count). The molecule has 0 radical (unpaired) electrons. The number of nitrogen functional groups attached to an aromatic ring is 1. The van der Waals surface area contributed by atoms with Crippen LogP contribution in [0.2, 0.25) is 0 Å². The Morgan fingerprint density at radius 1 is 1.06 bits per heavy atom. The van der Waals surface area contributed by atoms with Gasteiger partial charge in [0, 0.05) is 24.7 Å². The molecule has 1 saturated heterocycles. The molecular weight excluding hydrogens is 390 g/mol. The zero-order valence-electron chi connectivity index (χ0n) is 17.5. The normalized spacial score (nSPS) is 17.0. The fraction of sp³-hybridized carbons (Fsp3) is 0.375. The lowest BCUT2D eigenvalue weighted by molar-refractivity contribution is -0.583. The van der Waals surface area contributed by atoms with E-state index in [9.17, 15) is 0 Å². The van der Waals surface area contributed by atoms with Crippen molar-refractivity contribution in [3.8, 4) is 5.75 Å². The summed E-state index contributed by atoms with van der Waals surface area (Å²) in [6.45, 7) is 2.54. The van der Waals surface area contributed by atoms with Crippen LogP contribution in [0, 0.1) is 11.3 Å². The summed E-state index contributed by atoms with van der Waals surface area (Å²) in [4.78, 5) is 8.60. The molecule has 1 saturated carbocycles. The summed E-state index contributed by atoms with van der Waals surface area (Å²) in [5.41, 5.74) is 7.95. The Morgan fingerprint density at radius 3 is 2.65 bits per heavy atom. The number of anilines is 1.